The van der Waals surface area contributed by atoms with Gasteiger partial charge < -0.3 is 10.1 Å². The Morgan fingerprint density at radius 3 is 2.50 bits per heavy atom. The Bertz CT molecular complexity index is 454. The van der Waals surface area contributed by atoms with Gasteiger partial charge in [0.2, 0.25) is 0 Å². The number of halogens is 3. The highest BCUT2D eigenvalue weighted by Gasteiger charge is 2.10. The first-order valence-corrected chi connectivity index (χ1v) is 5.94. The van der Waals surface area contributed by atoms with E-state index in [1.165, 1.54) is 12.1 Å². The fourth-order valence-electron chi connectivity index (χ4n) is 1.17. The summed E-state index contributed by atoms with van der Waals surface area (Å²) < 4.78 is 17.9. The predicted octanol–water partition coefficient (Wildman–Crippen LogP) is 3.66. The smallest absolute Gasteiger partial charge is 0.335 e. The Labute approximate surface area is 115 Å². The third-order valence-electron chi connectivity index (χ3n) is 2.05. The molecule has 0 unspecified atom stereocenters. The number of ether oxygens (including phenoxy) is 1. The van der Waals surface area contributed by atoms with Crippen LogP contribution in [0.4, 0.5) is 10.1 Å². The molecule has 0 aliphatic carbocycles. The van der Waals surface area contributed by atoms with Gasteiger partial charge in [0.25, 0.3) is 0 Å². The van der Waals surface area contributed by atoms with Gasteiger partial charge in [-0.25, -0.2) is 9.18 Å². The van der Waals surface area contributed by atoms with Crippen molar-refractivity contribution < 1.29 is 13.9 Å². The Balaban J connectivity index is 2.64. The van der Waals surface area contributed by atoms with E-state index in [0.717, 1.165) is 0 Å². The van der Waals surface area contributed by atoms with Gasteiger partial charge in [0.05, 0.1) is 16.7 Å². The van der Waals surface area contributed by atoms with Gasteiger partial charge in [-0.15, -0.1) is 0 Å². The zero-order valence-corrected chi connectivity index (χ0v) is 11.2. The number of hydrogen-bond donors (Lipinski definition) is 1. The van der Waals surface area contributed by atoms with Crippen LogP contribution in [-0.2, 0) is 9.53 Å². The Kier molecular flexibility index (Phi) is 5.44. The molecule has 0 amide bonds. The largest absolute Gasteiger partial charge is 0.463 e. The first-order valence-electron chi connectivity index (χ1n) is 5.19. The molecule has 1 aromatic carbocycles. The number of esters is 1. The van der Waals surface area contributed by atoms with Gasteiger partial charge in [-0.05, 0) is 19.1 Å². The highest BCUT2D eigenvalue weighted by molar-refractivity contribution is 6.35. The van der Waals surface area contributed by atoms with Crippen LogP contribution in [0.3, 0.4) is 0 Å². The maximum Gasteiger partial charge on any atom is 0.335 e. The summed E-state index contributed by atoms with van der Waals surface area (Å²) in [5.41, 5.74) is 0.755. The monoisotopic (exact) mass is 291 g/mol. The topological polar surface area (TPSA) is 38.3 Å². The number of anilines is 1. The summed E-state index contributed by atoms with van der Waals surface area (Å²) in [5.74, 6) is -1.16. The molecule has 1 rings (SSSR count). The molecular weight excluding hydrogens is 280 g/mol. The van der Waals surface area contributed by atoms with Crippen molar-refractivity contribution in [2.75, 3.05) is 18.5 Å². The lowest BCUT2D eigenvalue weighted by atomic mass is 10.2. The summed E-state index contributed by atoms with van der Waals surface area (Å²) >= 11 is 11.3. The molecule has 0 fully saturated rings. The molecular formula is C12H12Cl2FNO2. The van der Waals surface area contributed by atoms with Crippen molar-refractivity contribution in [1.82, 2.24) is 0 Å². The maximum absolute atomic E-state index is 13.2. The highest BCUT2D eigenvalue weighted by atomic mass is 35.5. The quantitative estimate of drug-likeness (QED) is 0.511. The van der Waals surface area contributed by atoms with Crippen LogP contribution < -0.4 is 5.32 Å². The zero-order valence-electron chi connectivity index (χ0n) is 9.73. The number of carbonyl (C=O) groups excluding carboxylic acids is 1. The SMILES string of the molecule is C=C(CNc1cc(Cl)c(F)c(Cl)c1)C(=O)OCC. The predicted molar refractivity (Wildman–Crippen MR) is 70.7 cm³/mol. The van der Waals surface area contributed by atoms with E-state index in [9.17, 15) is 9.18 Å². The minimum atomic E-state index is -0.673. The second-order valence-electron chi connectivity index (χ2n) is 3.43. The zero-order chi connectivity index (χ0) is 13.7. The van der Waals surface area contributed by atoms with Gasteiger partial charge in [-0.2, -0.15) is 0 Å². The lowest BCUT2D eigenvalue weighted by molar-refractivity contribution is -0.138. The molecule has 0 radical (unpaired) electrons. The van der Waals surface area contributed by atoms with Crippen molar-refractivity contribution in [3.8, 4) is 0 Å². The van der Waals surface area contributed by atoms with E-state index in [2.05, 4.69) is 11.9 Å². The molecule has 3 nitrogen and oxygen atoms in total. The molecule has 0 aromatic heterocycles. The highest BCUT2D eigenvalue weighted by Crippen LogP contribution is 2.27. The van der Waals surface area contributed by atoms with Crippen molar-refractivity contribution in [3.63, 3.8) is 0 Å². The fourth-order valence-corrected chi connectivity index (χ4v) is 1.66. The number of carbonyl (C=O) groups is 1. The average Bonchev–Trinajstić information content (AvgIpc) is 2.33. The second kappa shape index (κ2) is 6.61. The normalized spacial score (nSPS) is 10.0. The number of rotatable bonds is 5. The molecule has 0 spiro atoms. The van der Waals surface area contributed by atoms with Gasteiger partial charge in [0.15, 0.2) is 5.82 Å². The number of benzene rings is 1. The molecule has 0 aliphatic rings. The molecule has 1 aromatic rings. The summed E-state index contributed by atoms with van der Waals surface area (Å²) in [6.07, 6.45) is 0. The summed E-state index contributed by atoms with van der Waals surface area (Å²) in [4.78, 5) is 11.3. The number of nitrogens with one attached hydrogen (secondary N) is 1. The molecule has 98 valence electrons. The van der Waals surface area contributed by atoms with Crippen LogP contribution >= 0.6 is 23.2 Å². The third-order valence-corrected chi connectivity index (χ3v) is 2.60. The first kappa shape index (κ1) is 14.8. The summed E-state index contributed by atoms with van der Waals surface area (Å²) in [5, 5.41) is 2.67. The first-order chi connectivity index (χ1) is 8.45. The van der Waals surface area contributed by atoms with Crippen molar-refractivity contribution in [1.29, 1.82) is 0 Å². The summed E-state index contributed by atoms with van der Waals surface area (Å²) in [7, 11) is 0. The van der Waals surface area contributed by atoms with E-state index >= 15 is 0 Å². The molecule has 0 bridgehead atoms. The molecule has 18 heavy (non-hydrogen) atoms. The summed E-state index contributed by atoms with van der Waals surface area (Å²) in [6, 6.07) is 2.75. The van der Waals surface area contributed by atoms with E-state index in [4.69, 9.17) is 27.9 Å². The molecule has 0 atom stereocenters. The van der Waals surface area contributed by atoms with Crippen molar-refractivity contribution >= 4 is 34.9 Å². The summed E-state index contributed by atoms with van der Waals surface area (Å²) in [6.45, 7) is 5.73. The minimum absolute atomic E-state index is 0.0910. The second-order valence-corrected chi connectivity index (χ2v) is 4.25. The molecule has 0 aliphatic heterocycles. The third kappa shape index (κ3) is 3.89. The van der Waals surface area contributed by atoms with Crippen molar-refractivity contribution in [2.24, 2.45) is 0 Å². The van der Waals surface area contributed by atoms with Crippen LogP contribution in [0.15, 0.2) is 24.3 Å². The fraction of sp³-hybridized carbons (Fsp3) is 0.250. The lowest BCUT2D eigenvalue weighted by Crippen LogP contribution is -2.14. The van der Waals surface area contributed by atoms with Crippen LogP contribution in [0.2, 0.25) is 10.0 Å². The molecule has 0 saturated heterocycles. The van der Waals surface area contributed by atoms with E-state index in [0.29, 0.717) is 5.69 Å². The Morgan fingerprint density at radius 1 is 1.44 bits per heavy atom. The molecule has 0 heterocycles. The van der Waals surface area contributed by atoms with E-state index < -0.39 is 11.8 Å². The van der Waals surface area contributed by atoms with E-state index in [-0.39, 0.29) is 28.8 Å². The molecule has 0 saturated carbocycles. The van der Waals surface area contributed by atoms with Gasteiger partial charge in [0.1, 0.15) is 0 Å². The van der Waals surface area contributed by atoms with E-state index in [1.807, 2.05) is 0 Å². The standard InChI is InChI=1S/C12H12Cl2FNO2/c1-3-18-12(17)7(2)6-16-8-4-9(13)11(15)10(14)5-8/h4-5,16H,2-3,6H2,1H3. The van der Waals surface area contributed by atoms with Gasteiger partial charge in [0, 0.05) is 17.8 Å². The van der Waals surface area contributed by atoms with Gasteiger partial charge in [-0.3, -0.25) is 0 Å². The van der Waals surface area contributed by atoms with Crippen LogP contribution in [0, 0.1) is 5.82 Å². The maximum atomic E-state index is 13.2. The van der Waals surface area contributed by atoms with Crippen LogP contribution in [0.5, 0.6) is 0 Å². The van der Waals surface area contributed by atoms with Crippen molar-refractivity contribution in [2.45, 2.75) is 6.92 Å². The van der Waals surface area contributed by atoms with Crippen LogP contribution in [0.25, 0.3) is 0 Å². The Morgan fingerprint density at radius 2 is 2.00 bits per heavy atom. The van der Waals surface area contributed by atoms with Crippen LogP contribution in [0.1, 0.15) is 6.92 Å². The van der Waals surface area contributed by atoms with Crippen molar-refractivity contribution in [3.05, 3.63) is 40.1 Å². The van der Waals surface area contributed by atoms with Crippen LogP contribution in [-0.4, -0.2) is 19.1 Å². The average molecular weight is 292 g/mol. The minimum Gasteiger partial charge on any atom is -0.463 e. The van der Waals surface area contributed by atoms with Gasteiger partial charge in [-0.1, -0.05) is 29.8 Å². The van der Waals surface area contributed by atoms with E-state index in [1.54, 1.807) is 6.92 Å². The van der Waals surface area contributed by atoms with Gasteiger partial charge >= 0.3 is 5.97 Å². The number of hydrogen-bond acceptors (Lipinski definition) is 3. The Hall–Kier alpha value is -1.26. The molecule has 6 heteroatoms. The molecule has 1 N–H and O–H groups in total. The lowest BCUT2D eigenvalue weighted by Gasteiger charge is -2.09.